The molecule has 3 amide bonds. The van der Waals surface area contributed by atoms with Crippen LogP contribution in [0.2, 0.25) is 0 Å². The Bertz CT molecular complexity index is 264. The van der Waals surface area contributed by atoms with Crippen molar-refractivity contribution < 1.29 is 14.4 Å². The lowest BCUT2D eigenvalue weighted by Crippen LogP contribution is -2.19. The van der Waals surface area contributed by atoms with Gasteiger partial charge < -0.3 is 5.73 Å². The Morgan fingerprint density at radius 1 is 1.38 bits per heavy atom. The SMILES string of the molecule is C=C(C)C(N)=O.O=C1C=CC(=O)N1. The van der Waals surface area contributed by atoms with Gasteiger partial charge >= 0.3 is 0 Å². The second-order valence-electron chi connectivity index (χ2n) is 2.33. The minimum atomic E-state index is -0.435. The van der Waals surface area contributed by atoms with Gasteiger partial charge in [0.05, 0.1) is 0 Å². The molecule has 3 N–H and O–H groups in total. The molecule has 1 aliphatic rings. The highest BCUT2D eigenvalue weighted by atomic mass is 16.2. The Hall–Kier alpha value is -1.91. The van der Waals surface area contributed by atoms with Gasteiger partial charge in [0.25, 0.3) is 11.8 Å². The maximum absolute atomic E-state index is 10.0. The third kappa shape index (κ3) is 5.37. The average molecular weight is 182 g/mol. The van der Waals surface area contributed by atoms with E-state index in [1.807, 2.05) is 5.32 Å². The molecule has 5 nitrogen and oxygen atoms in total. The van der Waals surface area contributed by atoms with Crippen molar-refractivity contribution in [2.75, 3.05) is 0 Å². The number of carbonyl (C=O) groups excluding carboxylic acids is 3. The molecule has 0 aromatic heterocycles. The van der Waals surface area contributed by atoms with E-state index in [4.69, 9.17) is 5.73 Å². The fourth-order valence-corrected chi connectivity index (χ4v) is 0.356. The van der Waals surface area contributed by atoms with Crippen molar-refractivity contribution in [3.8, 4) is 0 Å². The van der Waals surface area contributed by atoms with Gasteiger partial charge in [-0.25, -0.2) is 0 Å². The fraction of sp³-hybridized carbons (Fsp3) is 0.125. The third-order valence-electron chi connectivity index (χ3n) is 1.05. The van der Waals surface area contributed by atoms with Gasteiger partial charge in [0.1, 0.15) is 0 Å². The maximum atomic E-state index is 10.0. The standard InChI is InChI=1S/C4H3NO2.C4H7NO/c6-3-1-2-4(7)5-3;1-3(2)4(5)6/h1-2H,(H,5,6,7);1H2,2H3,(H2,5,6). The normalized spacial score (nSPS) is 13.0. The molecular weight excluding hydrogens is 172 g/mol. The zero-order chi connectivity index (χ0) is 10.4. The molecule has 1 heterocycles. The zero-order valence-corrected chi connectivity index (χ0v) is 7.16. The predicted octanol–water partition coefficient (Wildman–Crippen LogP) is -0.753. The lowest BCUT2D eigenvalue weighted by Gasteiger charge is -1.81. The summed E-state index contributed by atoms with van der Waals surface area (Å²) in [5.74, 6) is -1.09. The van der Waals surface area contributed by atoms with Gasteiger partial charge in [-0.15, -0.1) is 0 Å². The molecule has 0 radical (unpaired) electrons. The number of primary amides is 1. The fourth-order valence-electron chi connectivity index (χ4n) is 0.356. The summed E-state index contributed by atoms with van der Waals surface area (Å²) in [6, 6.07) is 0. The van der Waals surface area contributed by atoms with Crippen LogP contribution < -0.4 is 11.1 Å². The molecule has 0 saturated heterocycles. The second kappa shape index (κ2) is 4.87. The first-order valence-corrected chi connectivity index (χ1v) is 3.42. The van der Waals surface area contributed by atoms with Crippen molar-refractivity contribution in [1.29, 1.82) is 0 Å². The lowest BCUT2D eigenvalue weighted by atomic mass is 10.3. The number of hydrogen-bond donors (Lipinski definition) is 2. The van der Waals surface area contributed by atoms with E-state index in [1.54, 1.807) is 6.92 Å². The minimum absolute atomic E-state index is 0.329. The minimum Gasteiger partial charge on any atom is -0.366 e. The maximum Gasteiger partial charge on any atom is 0.250 e. The second-order valence-corrected chi connectivity index (χ2v) is 2.33. The van der Waals surface area contributed by atoms with Crippen LogP contribution in [0.25, 0.3) is 0 Å². The van der Waals surface area contributed by atoms with Crippen LogP contribution in [0.5, 0.6) is 0 Å². The third-order valence-corrected chi connectivity index (χ3v) is 1.05. The summed E-state index contributed by atoms with van der Waals surface area (Å²) in [6.45, 7) is 4.85. The number of rotatable bonds is 1. The van der Waals surface area contributed by atoms with Crippen LogP contribution in [0.1, 0.15) is 6.92 Å². The summed E-state index contributed by atoms with van der Waals surface area (Å²) in [5.41, 5.74) is 5.09. The summed E-state index contributed by atoms with van der Waals surface area (Å²) >= 11 is 0. The van der Waals surface area contributed by atoms with Crippen LogP contribution in [0, 0.1) is 0 Å². The molecule has 1 aliphatic heterocycles. The lowest BCUT2D eigenvalue weighted by molar-refractivity contribution is -0.123. The molecule has 0 spiro atoms. The van der Waals surface area contributed by atoms with Gasteiger partial charge in [0.15, 0.2) is 0 Å². The number of amides is 3. The van der Waals surface area contributed by atoms with E-state index in [-0.39, 0.29) is 11.8 Å². The first-order valence-electron chi connectivity index (χ1n) is 3.42. The number of carbonyl (C=O) groups is 3. The van der Waals surface area contributed by atoms with Crippen molar-refractivity contribution in [3.05, 3.63) is 24.3 Å². The van der Waals surface area contributed by atoms with E-state index < -0.39 is 5.91 Å². The van der Waals surface area contributed by atoms with E-state index in [2.05, 4.69) is 6.58 Å². The highest BCUT2D eigenvalue weighted by molar-refractivity contribution is 6.12. The zero-order valence-electron chi connectivity index (χ0n) is 7.16. The van der Waals surface area contributed by atoms with Gasteiger partial charge in [0, 0.05) is 17.7 Å². The molecule has 70 valence electrons. The molecular formula is C8H10N2O3. The molecule has 13 heavy (non-hydrogen) atoms. The molecule has 0 fully saturated rings. The summed E-state index contributed by atoms with van der Waals surface area (Å²) in [4.78, 5) is 29.9. The Morgan fingerprint density at radius 2 is 1.69 bits per heavy atom. The number of imide groups is 1. The molecule has 0 bridgehead atoms. The van der Waals surface area contributed by atoms with Crippen LogP contribution in [0.3, 0.4) is 0 Å². The van der Waals surface area contributed by atoms with E-state index in [9.17, 15) is 14.4 Å². The Balaban J connectivity index is 0.000000226. The van der Waals surface area contributed by atoms with Crippen LogP contribution >= 0.6 is 0 Å². The molecule has 0 atom stereocenters. The quantitative estimate of drug-likeness (QED) is 0.413. The van der Waals surface area contributed by atoms with Crippen molar-refractivity contribution >= 4 is 17.7 Å². The monoisotopic (exact) mass is 182 g/mol. The predicted molar refractivity (Wildman–Crippen MR) is 46.3 cm³/mol. The van der Waals surface area contributed by atoms with Gasteiger partial charge in [-0.05, 0) is 6.92 Å². The van der Waals surface area contributed by atoms with Gasteiger partial charge in [-0.2, -0.15) is 0 Å². The molecule has 0 aromatic rings. The largest absolute Gasteiger partial charge is 0.366 e. The smallest absolute Gasteiger partial charge is 0.250 e. The van der Waals surface area contributed by atoms with Crippen LogP contribution in [-0.4, -0.2) is 17.7 Å². The molecule has 5 heteroatoms. The topological polar surface area (TPSA) is 89.3 Å². The highest BCUT2D eigenvalue weighted by Gasteiger charge is 2.06. The molecule has 0 unspecified atom stereocenters. The number of nitrogens with one attached hydrogen (secondary N) is 1. The summed E-state index contributed by atoms with van der Waals surface area (Å²) in [7, 11) is 0. The first-order chi connectivity index (χ1) is 5.93. The number of hydrogen-bond acceptors (Lipinski definition) is 3. The summed E-state index contributed by atoms with van der Waals surface area (Å²) in [5, 5.41) is 2.03. The van der Waals surface area contributed by atoms with Gasteiger partial charge in [-0.1, -0.05) is 6.58 Å². The van der Waals surface area contributed by atoms with E-state index in [1.165, 1.54) is 12.2 Å². The molecule has 0 saturated carbocycles. The van der Waals surface area contributed by atoms with Crippen molar-refractivity contribution in [2.45, 2.75) is 6.92 Å². The van der Waals surface area contributed by atoms with Gasteiger partial charge in [0.2, 0.25) is 5.91 Å². The Kier molecular flexibility index (Phi) is 4.15. The van der Waals surface area contributed by atoms with Crippen LogP contribution in [0.15, 0.2) is 24.3 Å². The average Bonchev–Trinajstić information content (AvgIpc) is 2.35. The summed E-state index contributed by atoms with van der Waals surface area (Å²) in [6.07, 6.45) is 2.39. The van der Waals surface area contributed by atoms with Crippen molar-refractivity contribution in [1.82, 2.24) is 5.32 Å². The Morgan fingerprint density at radius 3 is 1.77 bits per heavy atom. The van der Waals surface area contributed by atoms with Crippen molar-refractivity contribution in [2.24, 2.45) is 5.73 Å². The van der Waals surface area contributed by atoms with E-state index >= 15 is 0 Å². The van der Waals surface area contributed by atoms with Crippen LogP contribution in [0.4, 0.5) is 0 Å². The van der Waals surface area contributed by atoms with Crippen LogP contribution in [-0.2, 0) is 14.4 Å². The highest BCUT2D eigenvalue weighted by Crippen LogP contribution is 1.82. The molecule has 0 aromatic carbocycles. The van der Waals surface area contributed by atoms with Crippen molar-refractivity contribution in [3.63, 3.8) is 0 Å². The number of nitrogens with two attached hydrogens (primary N) is 1. The molecule has 1 rings (SSSR count). The first kappa shape index (κ1) is 11.1. The van der Waals surface area contributed by atoms with Gasteiger partial charge in [-0.3, -0.25) is 19.7 Å². The van der Waals surface area contributed by atoms with E-state index in [0.717, 1.165) is 0 Å². The summed E-state index contributed by atoms with van der Waals surface area (Å²) < 4.78 is 0. The Labute approximate surface area is 75.3 Å². The van der Waals surface area contributed by atoms with E-state index in [0.29, 0.717) is 5.57 Å². The molecule has 0 aliphatic carbocycles.